The van der Waals surface area contributed by atoms with E-state index in [1.54, 1.807) is 6.92 Å². The first kappa shape index (κ1) is 17.7. The van der Waals surface area contributed by atoms with Gasteiger partial charge in [0.1, 0.15) is 0 Å². The fourth-order valence-corrected chi connectivity index (χ4v) is 3.29. The Morgan fingerprint density at radius 3 is 2.64 bits per heavy atom. The second-order valence-corrected chi connectivity index (χ2v) is 7.56. The first-order valence-electron chi connectivity index (χ1n) is 7.66. The van der Waals surface area contributed by atoms with Gasteiger partial charge in [0.05, 0.1) is 10.8 Å². The van der Waals surface area contributed by atoms with Gasteiger partial charge in [-0.25, -0.2) is 0 Å². The van der Waals surface area contributed by atoms with Gasteiger partial charge in [-0.05, 0) is 53.5 Å². The number of hydrogen-bond acceptors (Lipinski definition) is 5. The van der Waals surface area contributed by atoms with Gasteiger partial charge in [-0.15, -0.1) is 10.2 Å². The molecule has 0 aliphatic heterocycles. The number of anilines is 1. The summed E-state index contributed by atoms with van der Waals surface area (Å²) in [4.78, 5) is 12.4. The molecule has 1 atom stereocenters. The third kappa shape index (κ3) is 4.29. The van der Waals surface area contributed by atoms with Crippen molar-refractivity contribution in [1.29, 1.82) is 0 Å². The molecule has 0 radical (unpaired) electrons. The van der Waals surface area contributed by atoms with Gasteiger partial charge in [-0.3, -0.25) is 4.79 Å². The number of nitrogens with one attached hydrogen (secondary N) is 1. The standard InChI is InChI=1S/C18H16BrN3O2S/c1-11-7-3-6-10-15(11)20-16(23)12(2)25-18-22-21-17(24-18)13-8-4-5-9-14(13)19/h3-10,12H,1-2H3,(H,20,23). The van der Waals surface area contributed by atoms with Crippen LogP contribution in [0.2, 0.25) is 0 Å². The molecule has 0 saturated carbocycles. The van der Waals surface area contributed by atoms with Crippen molar-refractivity contribution in [1.82, 2.24) is 10.2 Å². The zero-order valence-electron chi connectivity index (χ0n) is 13.7. The van der Waals surface area contributed by atoms with Crippen LogP contribution in [0.1, 0.15) is 12.5 Å². The highest BCUT2D eigenvalue weighted by atomic mass is 79.9. The number of para-hydroxylation sites is 1. The summed E-state index contributed by atoms with van der Waals surface area (Å²) in [6.45, 7) is 3.76. The van der Waals surface area contributed by atoms with E-state index in [-0.39, 0.29) is 11.2 Å². The van der Waals surface area contributed by atoms with Gasteiger partial charge in [0.15, 0.2) is 0 Å². The maximum absolute atomic E-state index is 12.4. The Bertz CT molecular complexity index is 897. The summed E-state index contributed by atoms with van der Waals surface area (Å²) in [6, 6.07) is 15.3. The van der Waals surface area contributed by atoms with Crippen molar-refractivity contribution in [3.8, 4) is 11.5 Å². The fraction of sp³-hybridized carbons (Fsp3) is 0.167. The van der Waals surface area contributed by atoms with Crippen LogP contribution >= 0.6 is 27.7 Å². The SMILES string of the molecule is Cc1ccccc1NC(=O)C(C)Sc1nnc(-c2ccccc2Br)o1. The number of aromatic nitrogens is 2. The lowest BCUT2D eigenvalue weighted by atomic mass is 10.2. The minimum atomic E-state index is -0.368. The van der Waals surface area contributed by atoms with Crippen LogP contribution in [0, 0.1) is 6.92 Å². The topological polar surface area (TPSA) is 68.0 Å². The van der Waals surface area contributed by atoms with E-state index in [1.807, 2.05) is 55.5 Å². The summed E-state index contributed by atoms with van der Waals surface area (Å²) >= 11 is 4.69. The lowest BCUT2D eigenvalue weighted by Gasteiger charge is -2.11. The molecule has 0 aliphatic carbocycles. The van der Waals surface area contributed by atoms with E-state index in [1.165, 1.54) is 11.8 Å². The van der Waals surface area contributed by atoms with Crippen molar-refractivity contribution in [3.63, 3.8) is 0 Å². The Morgan fingerprint density at radius 1 is 1.16 bits per heavy atom. The quantitative estimate of drug-likeness (QED) is 0.596. The number of carbonyl (C=O) groups excluding carboxylic acids is 1. The molecule has 7 heteroatoms. The number of halogens is 1. The highest BCUT2D eigenvalue weighted by molar-refractivity contribution is 9.10. The van der Waals surface area contributed by atoms with E-state index in [9.17, 15) is 4.79 Å². The van der Waals surface area contributed by atoms with Crippen LogP contribution in [0.25, 0.3) is 11.5 Å². The van der Waals surface area contributed by atoms with E-state index in [2.05, 4.69) is 31.4 Å². The molecule has 3 aromatic rings. The number of aryl methyl sites for hydroxylation is 1. The monoisotopic (exact) mass is 417 g/mol. The lowest BCUT2D eigenvalue weighted by Crippen LogP contribution is -2.22. The molecule has 0 bridgehead atoms. The Balaban J connectivity index is 1.67. The van der Waals surface area contributed by atoms with Crippen LogP contribution in [0.5, 0.6) is 0 Å². The molecule has 0 spiro atoms. The smallest absolute Gasteiger partial charge is 0.277 e. The molecule has 1 amide bonds. The summed E-state index contributed by atoms with van der Waals surface area (Å²) in [5, 5.41) is 11.0. The van der Waals surface area contributed by atoms with Crippen LogP contribution < -0.4 is 5.32 Å². The fourth-order valence-electron chi connectivity index (χ4n) is 2.15. The molecule has 0 fully saturated rings. The van der Waals surface area contributed by atoms with E-state index >= 15 is 0 Å². The van der Waals surface area contributed by atoms with Gasteiger partial charge in [0.2, 0.25) is 11.8 Å². The Hall–Kier alpha value is -2.12. The Labute approximate surface area is 158 Å². The molecule has 1 unspecified atom stereocenters. The van der Waals surface area contributed by atoms with Crippen molar-refractivity contribution in [3.05, 3.63) is 58.6 Å². The van der Waals surface area contributed by atoms with Crippen molar-refractivity contribution in [2.75, 3.05) is 5.32 Å². The minimum Gasteiger partial charge on any atom is -0.411 e. The first-order chi connectivity index (χ1) is 12.0. The van der Waals surface area contributed by atoms with Crippen LogP contribution in [0.4, 0.5) is 5.69 Å². The highest BCUT2D eigenvalue weighted by Gasteiger charge is 2.19. The summed E-state index contributed by atoms with van der Waals surface area (Å²) in [7, 11) is 0. The van der Waals surface area contributed by atoms with E-state index in [0.717, 1.165) is 21.3 Å². The second-order valence-electron chi connectivity index (χ2n) is 5.42. The largest absolute Gasteiger partial charge is 0.411 e. The molecule has 5 nitrogen and oxygen atoms in total. The molecular formula is C18H16BrN3O2S. The molecular weight excluding hydrogens is 402 g/mol. The van der Waals surface area contributed by atoms with E-state index in [4.69, 9.17) is 4.42 Å². The minimum absolute atomic E-state index is 0.111. The van der Waals surface area contributed by atoms with E-state index in [0.29, 0.717) is 11.1 Å². The van der Waals surface area contributed by atoms with Gasteiger partial charge in [-0.2, -0.15) is 0 Å². The molecule has 0 saturated heterocycles. The van der Waals surface area contributed by atoms with Gasteiger partial charge in [-0.1, -0.05) is 42.1 Å². The van der Waals surface area contributed by atoms with Crippen LogP contribution in [0.15, 0.2) is 62.6 Å². The molecule has 1 heterocycles. The maximum Gasteiger partial charge on any atom is 0.277 e. The second kappa shape index (κ2) is 7.84. The summed E-state index contributed by atoms with van der Waals surface area (Å²) in [5.41, 5.74) is 2.64. The lowest BCUT2D eigenvalue weighted by molar-refractivity contribution is -0.115. The summed E-state index contributed by atoms with van der Waals surface area (Å²) in [5.74, 6) is 0.307. The third-order valence-corrected chi connectivity index (χ3v) is 5.19. The Morgan fingerprint density at radius 2 is 1.88 bits per heavy atom. The molecule has 128 valence electrons. The molecule has 3 rings (SSSR count). The average molecular weight is 418 g/mol. The number of benzene rings is 2. The average Bonchev–Trinajstić information content (AvgIpc) is 3.05. The van der Waals surface area contributed by atoms with Crippen molar-refractivity contribution >= 4 is 39.3 Å². The van der Waals surface area contributed by atoms with Gasteiger partial charge in [0, 0.05) is 10.2 Å². The summed E-state index contributed by atoms with van der Waals surface area (Å²) < 4.78 is 6.55. The highest BCUT2D eigenvalue weighted by Crippen LogP contribution is 2.30. The number of hydrogen-bond donors (Lipinski definition) is 1. The molecule has 2 aromatic carbocycles. The zero-order valence-corrected chi connectivity index (χ0v) is 16.1. The normalized spacial score (nSPS) is 12.0. The van der Waals surface area contributed by atoms with Crippen LogP contribution in [-0.2, 0) is 4.79 Å². The van der Waals surface area contributed by atoms with Gasteiger partial charge < -0.3 is 9.73 Å². The molecule has 0 aliphatic rings. The molecule has 1 aromatic heterocycles. The van der Waals surface area contributed by atoms with E-state index < -0.39 is 0 Å². The van der Waals surface area contributed by atoms with Crippen LogP contribution in [0.3, 0.4) is 0 Å². The number of thioether (sulfide) groups is 1. The first-order valence-corrected chi connectivity index (χ1v) is 9.33. The predicted molar refractivity (Wildman–Crippen MR) is 103 cm³/mol. The van der Waals surface area contributed by atoms with Crippen molar-refractivity contribution < 1.29 is 9.21 Å². The molecule has 1 N–H and O–H groups in total. The van der Waals surface area contributed by atoms with Crippen molar-refractivity contribution in [2.24, 2.45) is 0 Å². The third-order valence-electron chi connectivity index (χ3n) is 3.56. The number of rotatable bonds is 5. The van der Waals surface area contributed by atoms with Gasteiger partial charge >= 0.3 is 0 Å². The Kier molecular flexibility index (Phi) is 5.55. The number of amides is 1. The number of carbonyl (C=O) groups is 1. The maximum atomic E-state index is 12.4. The number of nitrogens with zero attached hydrogens (tertiary/aromatic N) is 2. The predicted octanol–water partition coefficient (Wildman–Crippen LogP) is 4.93. The molecule has 25 heavy (non-hydrogen) atoms. The zero-order chi connectivity index (χ0) is 17.8. The van der Waals surface area contributed by atoms with Crippen LogP contribution in [-0.4, -0.2) is 21.4 Å². The van der Waals surface area contributed by atoms with Crippen molar-refractivity contribution in [2.45, 2.75) is 24.3 Å². The summed E-state index contributed by atoms with van der Waals surface area (Å²) in [6.07, 6.45) is 0. The van der Waals surface area contributed by atoms with Gasteiger partial charge in [0.25, 0.3) is 5.22 Å².